The van der Waals surface area contributed by atoms with Crippen molar-refractivity contribution in [2.75, 3.05) is 13.7 Å². The minimum Gasteiger partial charge on any atom is -0.493 e. The molecule has 0 fully saturated rings. The van der Waals surface area contributed by atoms with Gasteiger partial charge >= 0.3 is 0 Å². The third-order valence-corrected chi connectivity index (χ3v) is 2.00. The van der Waals surface area contributed by atoms with Crippen LogP contribution in [0.15, 0.2) is 18.2 Å². The lowest BCUT2D eigenvalue weighted by atomic mass is 10.1. The van der Waals surface area contributed by atoms with Crippen molar-refractivity contribution in [1.82, 2.24) is 0 Å². The number of para-hydroxylation sites is 1. The first kappa shape index (κ1) is 10.9. The molecular weight excluding hydrogens is 178 g/mol. The predicted molar refractivity (Wildman–Crippen MR) is 56.8 cm³/mol. The Morgan fingerprint density at radius 2 is 2.14 bits per heavy atom. The second-order valence-corrected chi connectivity index (χ2v) is 3.10. The fourth-order valence-electron chi connectivity index (χ4n) is 1.38. The Morgan fingerprint density at radius 3 is 2.64 bits per heavy atom. The lowest BCUT2D eigenvalue weighted by Crippen LogP contribution is -2.08. The minimum absolute atomic E-state index is 0.0506. The first-order valence-electron chi connectivity index (χ1n) is 4.76. The summed E-state index contributed by atoms with van der Waals surface area (Å²) in [5.41, 5.74) is 6.79. The molecule has 0 unspecified atom stereocenters. The summed E-state index contributed by atoms with van der Waals surface area (Å²) in [6, 6.07) is 5.71. The van der Waals surface area contributed by atoms with Gasteiger partial charge < -0.3 is 15.2 Å². The Bertz CT molecular complexity index is 297. The summed E-state index contributed by atoms with van der Waals surface area (Å²) in [4.78, 5) is 0. The molecule has 3 heteroatoms. The van der Waals surface area contributed by atoms with Gasteiger partial charge in [0.2, 0.25) is 0 Å². The molecule has 3 nitrogen and oxygen atoms in total. The van der Waals surface area contributed by atoms with E-state index in [1.807, 2.05) is 32.0 Å². The maximum atomic E-state index is 5.82. The lowest BCUT2D eigenvalue weighted by Gasteiger charge is -2.15. The molecule has 0 aromatic heterocycles. The largest absolute Gasteiger partial charge is 0.493 e. The van der Waals surface area contributed by atoms with Crippen molar-refractivity contribution in [2.24, 2.45) is 5.73 Å². The smallest absolute Gasteiger partial charge is 0.165 e. The summed E-state index contributed by atoms with van der Waals surface area (Å²) in [7, 11) is 1.63. The number of ether oxygens (including phenoxy) is 2. The number of rotatable bonds is 4. The normalized spacial score (nSPS) is 12.3. The zero-order chi connectivity index (χ0) is 10.6. The van der Waals surface area contributed by atoms with Gasteiger partial charge in [-0.1, -0.05) is 12.1 Å². The highest BCUT2D eigenvalue weighted by atomic mass is 16.5. The summed E-state index contributed by atoms with van der Waals surface area (Å²) >= 11 is 0. The van der Waals surface area contributed by atoms with Gasteiger partial charge in [0.25, 0.3) is 0 Å². The van der Waals surface area contributed by atoms with Crippen molar-refractivity contribution in [2.45, 2.75) is 19.9 Å². The average Bonchev–Trinajstić information content (AvgIpc) is 2.18. The zero-order valence-corrected chi connectivity index (χ0v) is 8.91. The van der Waals surface area contributed by atoms with E-state index in [4.69, 9.17) is 15.2 Å². The molecule has 1 aromatic rings. The van der Waals surface area contributed by atoms with Crippen molar-refractivity contribution < 1.29 is 9.47 Å². The summed E-state index contributed by atoms with van der Waals surface area (Å²) in [5, 5.41) is 0. The van der Waals surface area contributed by atoms with E-state index in [1.54, 1.807) is 7.11 Å². The van der Waals surface area contributed by atoms with Crippen LogP contribution in [-0.2, 0) is 0 Å². The van der Waals surface area contributed by atoms with E-state index in [0.29, 0.717) is 6.61 Å². The van der Waals surface area contributed by atoms with Crippen molar-refractivity contribution in [3.05, 3.63) is 23.8 Å². The molecular formula is C11H17NO2. The summed E-state index contributed by atoms with van der Waals surface area (Å²) in [6.45, 7) is 4.49. The van der Waals surface area contributed by atoms with E-state index in [2.05, 4.69) is 0 Å². The topological polar surface area (TPSA) is 44.5 Å². The second-order valence-electron chi connectivity index (χ2n) is 3.10. The van der Waals surface area contributed by atoms with E-state index in [0.717, 1.165) is 17.1 Å². The monoisotopic (exact) mass is 195 g/mol. The van der Waals surface area contributed by atoms with Gasteiger partial charge in [0, 0.05) is 11.6 Å². The zero-order valence-electron chi connectivity index (χ0n) is 8.91. The van der Waals surface area contributed by atoms with Crippen LogP contribution < -0.4 is 15.2 Å². The number of hydrogen-bond donors (Lipinski definition) is 1. The van der Waals surface area contributed by atoms with Crippen molar-refractivity contribution in [3.8, 4) is 11.5 Å². The van der Waals surface area contributed by atoms with Gasteiger partial charge in [-0.2, -0.15) is 0 Å². The first-order valence-corrected chi connectivity index (χ1v) is 4.76. The van der Waals surface area contributed by atoms with Crippen LogP contribution in [0.3, 0.4) is 0 Å². The standard InChI is InChI=1S/C11H17NO2/c1-4-14-10-7-5-6-9(8(2)12)11(10)13-3/h5-8H,4,12H2,1-3H3/t8-/m0/s1. The van der Waals surface area contributed by atoms with E-state index >= 15 is 0 Å². The van der Waals surface area contributed by atoms with Gasteiger partial charge in [0.05, 0.1) is 13.7 Å². The van der Waals surface area contributed by atoms with Crippen LogP contribution in [0.25, 0.3) is 0 Å². The molecule has 1 aromatic carbocycles. The molecule has 2 N–H and O–H groups in total. The molecule has 0 radical (unpaired) electrons. The van der Waals surface area contributed by atoms with E-state index in [-0.39, 0.29) is 6.04 Å². The van der Waals surface area contributed by atoms with Crippen molar-refractivity contribution in [3.63, 3.8) is 0 Å². The highest BCUT2D eigenvalue weighted by molar-refractivity contribution is 5.47. The molecule has 0 bridgehead atoms. The quantitative estimate of drug-likeness (QED) is 0.800. The van der Waals surface area contributed by atoms with Crippen LogP contribution in [0.4, 0.5) is 0 Å². The van der Waals surface area contributed by atoms with E-state index in [9.17, 15) is 0 Å². The average molecular weight is 195 g/mol. The number of methoxy groups -OCH3 is 1. The number of nitrogens with two attached hydrogens (primary N) is 1. The van der Waals surface area contributed by atoms with Gasteiger partial charge in [-0.25, -0.2) is 0 Å². The molecule has 0 aliphatic rings. The van der Waals surface area contributed by atoms with Crippen LogP contribution in [-0.4, -0.2) is 13.7 Å². The van der Waals surface area contributed by atoms with Crippen LogP contribution in [0.5, 0.6) is 11.5 Å². The summed E-state index contributed by atoms with van der Waals surface area (Å²) in [5.74, 6) is 1.49. The van der Waals surface area contributed by atoms with Crippen LogP contribution in [0, 0.1) is 0 Å². The van der Waals surface area contributed by atoms with Crippen LogP contribution in [0.2, 0.25) is 0 Å². The van der Waals surface area contributed by atoms with Crippen molar-refractivity contribution >= 4 is 0 Å². The molecule has 0 aliphatic heterocycles. The van der Waals surface area contributed by atoms with E-state index in [1.165, 1.54) is 0 Å². The van der Waals surface area contributed by atoms with Gasteiger partial charge in [-0.05, 0) is 19.9 Å². The third-order valence-electron chi connectivity index (χ3n) is 2.00. The molecule has 0 saturated carbocycles. The SMILES string of the molecule is CCOc1cccc([C@H](C)N)c1OC. The Kier molecular flexibility index (Phi) is 3.77. The maximum absolute atomic E-state index is 5.82. The molecule has 0 aliphatic carbocycles. The second kappa shape index (κ2) is 4.86. The lowest BCUT2D eigenvalue weighted by molar-refractivity contribution is 0.308. The minimum atomic E-state index is -0.0506. The van der Waals surface area contributed by atoms with E-state index < -0.39 is 0 Å². The molecule has 1 rings (SSSR count). The van der Waals surface area contributed by atoms with Gasteiger partial charge in [-0.15, -0.1) is 0 Å². The van der Waals surface area contributed by atoms with Crippen LogP contribution >= 0.6 is 0 Å². The Hall–Kier alpha value is -1.22. The molecule has 1 atom stereocenters. The molecule has 14 heavy (non-hydrogen) atoms. The van der Waals surface area contributed by atoms with Gasteiger partial charge in [-0.3, -0.25) is 0 Å². The number of benzene rings is 1. The van der Waals surface area contributed by atoms with Crippen LogP contribution in [0.1, 0.15) is 25.5 Å². The molecule has 0 amide bonds. The van der Waals surface area contributed by atoms with Gasteiger partial charge in [0.1, 0.15) is 0 Å². The Labute approximate surface area is 84.8 Å². The molecule has 0 saturated heterocycles. The summed E-state index contributed by atoms with van der Waals surface area (Å²) < 4.78 is 10.7. The van der Waals surface area contributed by atoms with Crippen molar-refractivity contribution in [1.29, 1.82) is 0 Å². The highest BCUT2D eigenvalue weighted by Gasteiger charge is 2.12. The molecule has 0 heterocycles. The molecule has 0 spiro atoms. The Balaban J connectivity index is 3.11. The third kappa shape index (κ3) is 2.17. The van der Waals surface area contributed by atoms with Gasteiger partial charge in [0.15, 0.2) is 11.5 Å². The first-order chi connectivity index (χ1) is 6.70. The predicted octanol–water partition coefficient (Wildman–Crippen LogP) is 2.11. The highest BCUT2D eigenvalue weighted by Crippen LogP contribution is 2.33. The maximum Gasteiger partial charge on any atom is 0.165 e. The fraction of sp³-hybridized carbons (Fsp3) is 0.455. The Morgan fingerprint density at radius 1 is 1.43 bits per heavy atom. The molecule has 78 valence electrons. The fourth-order valence-corrected chi connectivity index (χ4v) is 1.38. The summed E-state index contributed by atoms with van der Waals surface area (Å²) in [6.07, 6.45) is 0. The number of hydrogen-bond acceptors (Lipinski definition) is 3.